The van der Waals surface area contributed by atoms with Crippen molar-refractivity contribution >= 4 is 16.3 Å². The maximum absolute atomic E-state index is 12.9. The summed E-state index contributed by atoms with van der Waals surface area (Å²) >= 11 is 0. The van der Waals surface area contributed by atoms with Crippen molar-refractivity contribution in [2.24, 2.45) is 11.8 Å². The number of nitrogens with zero attached hydrogens (tertiary/aromatic N) is 1. The Kier molecular flexibility index (Phi) is 6.92. The summed E-state index contributed by atoms with van der Waals surface area (Å²) in [6, 6.07) is 6.23. The van der Waals surface area contributed by atoms with Gasteiger partial charge in [0.25, 0.3) is 0 Å². The number of nitrogens with one attached hydrogen (secondary N) is 1. The van der Waals surface area contributed by atoms with Gasteiger partial charge in [0.2, 0.25) is 0 Å². The Labute approximate surface area is 148 Å². The first-order valence-corrected chi connectivity index (χ1v) is 9.83. The van der Waals surface area contributed by atoms with E-state index in [0.29, 0.717) is 39.0 Å². The molecule has 6 nitrogen and oxygen atoms in total. The molecule has 140 valence electrons. The van der Waals surface area contributed by atoms with Crippen LogP contribution in [0.5, 0.6) is 0 Å². The fraction of sp³-hybridized carbons (Fsp3) is 0.588. The normalized spacial score (nSPS) is 18.5. The van der Waals surface area contributed by atoms with Gasteiger partial charge in [0, 0.05) is 26.2 Å². The molecule has 1 aromatic carbocycles. The van der Waals surface area contributed by atoms with Gasteiger partial charge in [-0.25, -0.2) is 4.39 Å². The van der Waals surface area contributed by atoms with Crippen LogP contribution in [-0.2, 0) is 25.7 Å². The smallest absolute Gasteiger partial charge is 0.334 e. The highest BCUT2D eigenvalue weighted by molar-refractivity contribution is 7.84. The van der Waals surface area contributed by atoms with Crippen LogP contribution in [0.4, 0.5) is 4.39 Å². The number of piperazine rings is 1. The number of carbonyl (C=O) groups excluding carboxylic acids is 1. The molecule has 2 unspecified atom stereocenters. The molecule has 1 aliphatic heterocycles. The van der Waals surface area contributed by atoms with E-state index in [2.05, 4.69) is 5.32 Å². The van der Waals surface area contributed by atoms with Crippen LogP contribution in [0, 0.1) is 17.7 Å². The van der Waals surface area contributed by atoms with Gasteiger partial charge in [-0.3, -0.25) is 4.79 Å². The fourth-order valence-electron chi connectivity index (χ4n) is 2.91. The van der Waals surface area contributed by atoms with Crippen molar-refractivity contribution in [1.29, 1.82) is 0 Å². The van der Waals surface area contributed by atoms with E-state index in [1.165, 1.54) is 16.4 Å². The van der Waals surface area contributed by atoms with Crippen LogP contribution in [0.1, 0.15) is 25.8 Å². The largest absolute Gasteiger partial charge is 0.387 e. The van der Waals surface area contributed by atoms with Gasteiger partial charge in [-0.2, -0.15) is 12.7 Å². The number of rotatable bonds is 7. The van der Waals surface area contributed by atoms with Gasteiger partial charge in [0.05, 0.1) is 5.92 Å². The maximum Gasteiger partial charge on any atom is 0.387 e. The first-order valence-electron chi connectivity index (χ1n) is 8.46. The molecule has 1 saturated heterocycles. The SMILES string of the molecule is CC(Cc1ccc(F)cc1)CC(C)C(=O)OS(=O)(=O)N1CCNCC1. The van der Waals surface area contributed by atoms with Crippen molar-refractivity contribution in [2.75, 3.05) is 26.2 Å². The zero-order chi connectivity index (χ0) is 18.4. The molecule has 25 heavy (non-hydrogen) atoms. The lowest BCUT2D eigenvalue weighted by atomic mass is 9.92. The molecular weight excluding hydrogens is 347 g/mol. The molecule has 0 radical (unpaired) electrons. The molecule has 1 aromatic rings. The van der Waals surface area contributed by atoms with Crippen LogP contribution in [-0.4, -0.2) is 44.9 Å². The van der Waals surface area contributed by atoms with E-state index in [9.17, 15) is 17.6 Å². The zero-order valence-electron chi connectivity index (χ0n) is 14.6. The van der Waals surface area contributed by atoms with Crippen molar-refractivity contribution < 1.29 is 21.8 Å². The number of hydrogen-bond donors (Lipinski definition) is 1. The summed E-state index contributed by atoms with van der Waals surface area (Å²) in [7, 11) is -4.02. The second kappa shape index (κ2) is 8.73. The molecule has 1 aliphatic rings. The predicted octanol–water partition coefficient (Wildman–Crippen LogP) is 1.72. The van der Waals surface area contributed by atoms with E-state index in [0.717, 1.165) is 5.56 Å². The molecule has 0 aromatic heterocycles. The summed E-state index contributed by atoms with van der Waals surface area (Å²) < 4.78 is 43.1. The number of hydrogen-bond acceptors (Lipinski definition) is 5. The molecule has 0 amide bonds. The van der Waals surface area contributed by atoms with Gasteiger partial charge in [-0.05, 0) is 36.5 Å². The van der Waals surface area contributed by atoms with Crippen LogP contribution in [0.2, 0.25) is 0 Å². The summed E-state index contributed by atoms with van der Waals surface area (Å²) in [5.74, 6) is -1.42. The highest BCUT2D eigenvalue weighted by atomic mass is 32.2. The highest BCUT2D eigenvalue weighted by Gasteiger charge is 2.30. The van der Waals surface area contributed by atoms with Crippen molar-refractivity contribution in [1.82, 2.24) is 9.62 Å². The molecule has 0 aliphatic carbocycles. The molecule has 0 bridgehead atoms. The average molecular weight is 372 g/mol. The molecule has 0 spiro atoms. The van der Waals surface area contributed by atoms with Gasteiger partial charge in [0.1, 0.15) is 5.82 Å². The summed E-state index contributed by atoms with van der Waals surface area (Å²) in [6.07, 6.45) is 1.18. The Morgan fingerprint density at radius 3 is 2.44 bits per heavy atom. The first-order chi connectivity index (χ1) is 11.8. The number of halogens is 1. The second-order valence-corrected chi connectivity index (χ2v) is 8.12. The van der Waals surface area contributed by atoms with E-state index in [1.807, 2.05) is 6.92 Å². The number of benzene rings is 1. The standard InChI is InChI=1S/C17H25FN2O4S/c1-13(12-15-3-5-16(18)6-4-15)11-14(2)17(21)24-25(22,23)20-9-7-19-8-10-20/h3-6,13-14,19H,7-12H2,1-2H3. The van der Waals surface area contributed by atoms with E-state index in [1.54, 1.807) is 19.1 Å². The lowest BCUT2D eigenvalue weighted by molar-refractivity contribution is -0.138. The summed E-state index contributed by atoms with van der Waals surface area (Å²) in [5, 5.41) is 3.05. The molecule has 2 rings (SSSR count). The van der Waals surface area contributed by atoms with Crippen LogP contribution in [0.15, 0.2) is 24.3 Å². The Morgan fingerprint density at radius 2 is 1.84 bits per heavy atom. The molecule has 0 saturated carbocycles. The third-order valence-electron chi connectivity index (χ3n) is 4.24. The minimum Gasteiger partial charge on any atom is -0.334 e. The van der Waals surface area contributed by atoms with Crippen molar-refractivity contribution in [3.8, 4) is 0 Å². The van der Waals surface area contributed by atoms with Crippen LogP contribution < -0.4 is 5.32 Å². The van der Waals surface area contributed by atoms with Crippen molar-refractivity contribution in [3.63, 3.8) is 0 Å². The van der Waals surface area contributed by atoms with E-state index in [4.69, 9.17) is 4.18 Å². The lowest BCUT2D eigenvalue weighted by Gasteiger charge is -2.26. The van der Waals surface area contributed by atoms with Gasteiger partial charge in [-0.1, -0.05) is 26.0 Å². The van der Waals surface area contributed by atoms with E-state index in [-0.39, 0.29) is 11.7 Å². The quantitative estimate of drug-likeness (QED) is 0.789. The van der Waals surface area contributed by atoms with Crippen LogP contribution in [0.3, 0.4) is 0 Å². The van der Waals surface area contributed by atoms with Gasteiger partial charge >= 0.3 is 16.3 Å². The van der Waals surface area contributed by atoms with Gasteiger partial charge in [-0.15, -0.1) is 0 Å². The van der Waals surface area contributed by atoms with Crippen molar-refractivity contribution in [3.05, 3.63) is 35.6 Å². The lowest BCUT2D eigenvalue weighted by Crippen LogP contribution is -2.47. The van der Waals surface area contributed by atoms with E-state index < -0.39 is 22.2 Å². The van der Waals surface area contributed by atoms with E-state index >= 15 is 0 Å². The maximum atomic E-state index is 12.9. The zero-order valence-corrected chi connectivity index (χ0v) is 15.4. The molecule has 8 heteroatoms. The van der Waals surface area contributed by atoms with Gasteiger partial charge in [0.15, 0.2) is 0 Å². The minimum absolute atomic E-state index is 0.134. The fourth-order valence-corrected chi connectivity index (χ4v) is 4.02. The summed E-state index contributed by atoms with van der Waals surface area (Å²) in [4.78, 5) is 12.1. The average Bonchev–Trinajstić information content (AvgIpc) is 2.57. The molecule has 2 atom stereocenters. The molecule has 1 fully saturated rings. The first kappa shape index (κ1) is 19.8. The Balaban J connectivity index is 1.85. The summed E-state index contributed by atoms with van der Waals surface area (Å²) in [6.45, 7) is 5.31. The topological polar surface area (TPSA) is 75.7 Å². The third kappa shape index (κ3) is 6.05. The Hall–Kier alpha value is -1.51. The minimum atomic E-state index is -4.02. The Morgan fingerprint density at radius 1 is 1.24 bits per heavy atom. The molecule has 1 N–H and O–H groups in total. The second-order valence-electron chi connectivity index (χ2n) is 6.58. The highest BCUT2D eigenvalue weighted by Crippen LogP contribution is 2.19. The summed E-state index contributed by atoms with van der Waals surface area (Å²) in [5.41, 5.74) is 0.975. The predicted molar refractivity (Wildman–Crippen MR) is 92.5 cm³/mol. The third-order valence-corrected chi connectivity index (χ3v) is 5.61. The van der Waals surface area contributed by atoms with Gasteiger partial charge < -0.3 is 9.50 Å². The van der Waals surface area contributed by atoms with Crippen LogP contribution >= 0.6 is 0 Å². The monoisotopic (exact) mass is 372 g/mol. The van der Waals surface area contributed by atoms with Crippen molar-refractivity contribution in [2.45, 2.75) is 26.7 Å². The molecule has 1 heterocycles. The Bertz CT molecular complexity index is 672. The number of carbonyl (C=O) groups is 1. The van der Waals surface area contributed by atoms with Crippen LogP contribution in [0.25, 0.3) is 0 Å². The molecular formula is C17H25FN2O4S.